The van der Waals surface area contributed by atoms with Crippen LogP contribution in [0.5, 0.6) is 5.75 Å². The maximum atomic E-state index is 12.7. The number of aromatic amines is 1. The van der Waals surface area contributed by atoms with E-state index in [1.807, 2.05) is 11.0 Å². The van der Waals surface area contributed by atoms with Crippen LogP contribution in [0.4, 0.5) is 0 Å². The number of benzene rings is 2. The molecule has 27 heavy (non-hydrogen) atoms. The van der Waals surface area contributed by atoms with Gasteiger partial charge in [0.15, 0.2) is 6.10 Å². The fourth-order valence-electron chi connectivity index (χ4n) is 3.48. The Balaban J connectivity index is 1.43. The van der Waals surface area contributed by atoms with Gasteiger partial charge in [-0.05, 0) is 49.2 Å². The summed E-state index contributed by atoms with van der Waals surface area (Å²) >= 11 is 5.89. The number of H-pyrrole nitrogens is 1. The van der Waals surface area contributed by atoms with Gasteiger partial charge in [-0.25, -0.2) is 0 Å². The molecule has 0 unspecified atom stereocenters. The third-order valence-electron chi connectivity index (χ3n) is 4.93. The standard InChI is InChI=1S/C22H21ClN2O2/c1-15(27-18-8-6-17(23)7-9-18)22(26)25-12-10-16(11-13-25)20-14-24-21-5-3-2-4-19(20)21/h2-10,14-15,24H,11-13H2,1H3/t15-/m0/s1. The van der Waals surface area contributed by atoms with E-state index in [1.54, 1.807) is 31.2 Å². The molecule has 0 fully saturated rings. The Hall–Kier alpha value is -2.72. The highest BCUT2D eigenvalue weighted by atomic mass is 35.5. The van der Waals surface area contributed by atoms with Gasteiger partial charge in [0.2, 0.25) is 0 Å². The maximum absolute atomic E-state index is 12.7. The zero-order chi connectivity index (χ0) is 18.8. The monoisotopic (exact) mass is 380 g/mol. The maximum Gasteiger partial charge on any atom is 0.263 e. The largest absolute Gasteiger partial charge is 0.481 e. The molecule has 4 nitrogen and oxygen atoms in total. The quantitative estimate of drug-likeness (QED) is 0.699. The molecule has 0 saturated heterocycles. The number of rotatable bonds is 4. The summed E-state index contributed by atoms with van der Waals surface area (Å²) in [6, 6.07) is 15.3. The molecule has 0 saturated carbocycles. The van der Waals surface area contributed by atoms with Crippen LogP contribution in [0.15, 0.2) is 60.8 Å². The lowest BCUT2D eigenvalue weighted by molar-refractivity contribution is -0.137. The van der Waals surface area contributed by atoms with E-state index in [2.05, 4.69) is 35.5 Å². The predicted molar refractivity (Wildman–Crippen MR) is 109 cm³/mol. The lowest BCUT2D eigenvalue weighted by atomic mass is 9.99. The van der Waals surface area contributed by atoms with E-state index >= 15 is 0 Å². The Kier molecular flexibility index (Phi) is 4.90. The van der Waals surface area contributed by atoms with E-state index in [0.29, 0.717) is 23.9 Å². The van der Waals surface area contributed by atoms with Crippen LogP contribution in [0.25, 0.3) is 16.5 Å². The molecule has 0 aliphatic carbocycles. The molecule has 1 aromatic heterocycles. The summed E-state index contributed by atoms with van der Waals surface area (Å²) in [7, 11) is 0. The Morgan fingerprint density at radius 2 is 1.96 bits per heavy atom. The number of carbonyl (C=O) groups is 1. The molecule has 138 valence electrons. The molecule has 2 aromatic carbocycles. The molecule has 5 heteroatoms. The van der Waals surface area contributed by atoms with Gasteiger partial charge >= 0.3 is 0 Å². The summed E-state index contributed by atoms with van der Waals surface area (Å²) in [6.07, 6.45) is 4.50. The highest BCUT2D eigenvalue weighted by Crippen LogP contribution is 2.29. The third-order valence-corrected chi connectivity index (χ3v) is 5.18. The lowest BCUT2D eigenvalue weighted by Gasteiger charge is -2.29. The Labute approximate surface area is 163 Å². The first kappa shape index (κ1) is 17.7. The second kappa shape index (κ2) is 7.49. The summed E-state index contributed by atoms with van der Waals surface area (Å²) in [5, 5.41) is 1.87. The summed E-state index contributed by atoms with van der Waals surface area (Å²) in [5.74, 6) is 0.645. The van der Waals surface area contributed by atoms with E-state index in [4.69, 9.17) is 16.3 Å². The van der Waals surface area contributed by atoms with E-state index in [-0.39, 0.29) is 5.91 Å². The smallest absolute Gasteiger partial charge is 0.263 e. The topological polar surface area (TPSA) is 45.3 Å². The van der Waals surface area contributed by atoms with Gasteiger partial charge in [-0.15, -0.1) is 0 Å². The number of para-hydroxylation sites is 1. The number of amides is 1. The van der Waals surface area contributed by atoms with Gasteiger partial charge in [0, 0.05) is 40.8 Å². The fraction of sp³-hybridized carbons (Fsp3) is 0.227. The van der Waals surface area contributed by atoms with Crippen molar-refractivity contribution in [2.45, 2.75) is 19.4 Å². The molecular formula is C22H21ClN2O2. The van der Waals surface area contributed by atoms with Gasteiger partial charge in [0.25, 0.3) is 5.91 Å². The molecule has 1 aliphatic heterocycles. The second-order valence-electron chi connectivity index (χ2n) is 6.73. The van der Waals surface area contributed by atoms with Crippen LogP contribution < -0.4 is 4.74 Å². The van der Waals surface area contributed by atoms with Gasteiger partial charge in [-0.3, -0.25) is 4.79 Å². The predicted octanol–water partition coefficient (Wildman–Crippen LogP) is 4.90. The van der Waals surface area contributed by atoms with E-state index in [1.165, 1.54) is 16.5 Å². The van der Waals surface area contributed by atoms with E-state index in [9.17, 15) is 4.79 Å². The normalized spacial score (nSPS) is 15.5. The average Bonchev–Trinajstić information content (AvgIpc) is 3.13. The zero-order valence-electron chi connectivity index (χ0n) is 15.1. The van der Waals surface area contributed by atoms with Crippen molar-refractivity contribution in [2.75, 3.05) is 13.1 Å². The number of hydrogen-bond donors (Lipinski definition) is 1. The van der Waals surface area contributed by atoms with E-state index < -0.39 is 6.10 Å². The molecule has 2 heterocycles. The SMILES string of the molecule is C[C@H](Oc1ccc(Cl)cc1)C(=O)N1CC=C(c2c[nH]c3ccccc23)CC1. The number of ether oxygens (including phenoxy) is 1. The second-order valence-corrected chi connectivity index (χ2v) is 7.16. The van der Waals surface area contributed by atoms with Crippen LogP contribution in [-0.4, -0.2) is 35.0 Å². The molecule has 4 rings (SSSR count). The van der Waals surface area contributed by atoms with Gasteiger partial charge in [-0.2, -0.15) is 0 Å². The minimum Gasteiger partial charge on any atom is -0.481 e. The Bertz CT molecular complexity index is 991. The summed E-state index contributed by atoms with van der Waals surface area (Å²) < 4.78 is 5.77. The molecule has 0 bridgehead atoms. The number of fused-ring (bicyclic) bond motifs is 1. The Morgan fingerprint density at radius 1 is 1.19 bits per heavy atom. The number of nitrogens with one attached hydrogen (secondary N) is 1. The van der Waals surface area contributed by atoms with E-state index in [0.717, 1.165) is 11.9 Å². The number of aromatic nitrogens is 1. The van der Waals surface area contributed by atoms with Crippen LogP contribution in [0.2, 0.25) is 5.02 Å². The van der Waals surface area contributed by atoms with Crippen LogP contribution in [0.3, 0.4) is 0 Å². The average molecular weight is 381 g/mol. The third kappa shape index (κ3) is 3.71. The number of halogens is 1. The summed E-state index contributed by atoms with van der Waals surface area (Å²) in [5.41, 5.74) is 3.64. The minimum absolute atomic E-state index is 0.000762. The van der Waals surface area contributed by atoms with Gasteiger partial charge in [0.1, 0.15) is 5.75 Å². The minimum atomic E-state index is -0.533. The van der Waals surface area contributed by atoms with Crippen LogP contribution in [0.1, 0.15) is 18.9 Å². The van der Waals surface area contributed by atoms with Crippen molar-refractivity contribution >= 4 is 34.0 Å². The van der Waals surface area contributed by atoms with Crippen molar-refractivity contribution < 1.29 is 9.53 Å². The van der Waals surface area contributed by atoms with Crippen LogP contribution >= 0.6 is 11.6 Å². The molecule has 1 aliphatic rings. The molecular weight excluding hydrogens is 360 g/mol. The van der Waals surface area contributed by atoms with Crippen LogP contribution in [0, 0.1) is 0 Å². The molecule has 0 spiro atoms. The first-order chi connectivity index (χ1) is 13.1. The van der Waals surface area contributed by atoms with Crippen molar-refractivity contribution in [1.29, 1.82) is 0 Å². The molecule has 3 aromatic rings. The molecule has 1 N–H and O–H groups in total. The molecule has 1 amide bonds. The van der Waals surface area contributed by atoms with Gasteiger partial charge in [-0.1, -0.05) is 35.9 Å². The number of nitrogens with zero attached hydrogens (tertiary/aromatic N) is 1. The first-order valence-corrected chi connectivity index (χ1v) is 9.46. The number of hydrogen-bond acceptors (Lipinski definition) is 2. The van der Waals surface area contributed by atoms with Gasteiger partial charge in [0.05, 0.1) is 0 Å². The van der Waals surface area contributed by atoms with Gasteiger partial charge < -0.3 is 14.6 Å². The highest BCUT2D eigenvalue weighted by Gasteiger charge is 2.24. The lowest BCUT2D eigenvalue weighted by Crippen LogP contribution is -2.42. The van der Waals surface area contributed by atoms with Crippen molar-refractivity contribution in [2.24, 2.45) is 0 Å². The Morgan fingerprint density at radius 3 is 2.70 bits per heavy atom. The van der Waals surface area contributed by atoms with Crippen molar-refractivity contribution in [1.82, 2.24) is 9.88 Å². The zero-order valence-corrected chi connectivity index (χ0v) is 15.9. The highest BCUT2D eigenvalue weighted by molar-refractivity contribution is 6.30. The summed E-state index contributed by atoms with van der Waals surface area (Å²) in [6.45, 7) is 3.08. The fourth-order valence-corrected chi connectivity index (χ4v) is 3.60. The molecule has 0 radical (unpaired) electrons. The van der Waals surface area contributed by atoms with Crippen LogP contribution in [-0.2, 0) is 4.79 Å². The summed E-state index contributed by atoms with van der Waals surface area (Å²) in [4.78, 5) is 17.9. The molecule has 1 atom stereocenters. The first-order valence-electron chi connectivity index (χ1n) is 9.08. The van der Waals surface area contributed by atoms with Crippen molar-refractivity contribution in [3.05, 3.63) is 71.4 Å². The van der Waals surface area contributed by atoms with Crippen molar-refractivity contribution in [3.63, 3.8) is 0 Å². The number of carbonyl (C=O) groups excluding carboxylic acids is 1. The van der Waals surface area contributed by atoms with Crippen molar-refractivity contribution in [3.8, 4) is 5.75 Å².